The molecule has 1 fully saturated rings. The summed E-state index contributed by atoms with van der Waals surface area (Å²) >= 11 is 0. The van der Waals surface area contributed by atoms with Crippen LogP contribution in [0.1, 0.15) is 6.42 Å². The Kier molecular flexibility index (Phi) is 2.97. The van der Waals surface area contributed by atoms with E-state index < -0.39 is 21.9 Å². The van der Waals surface area contributed by atoms with Crippen molar-refractivity contribution in [1.82, 2.24) is 9.97 Å². The number of fused-ring (bicyclic) bond motifs is 1. The molecule has 0 radical (unpaired) electrons. The molecule has 2 aromatic heterocycles. The van der Waals surface area contributed by atoms with Crippen LogP contribution in [0, 0.1) is 5.92 Å². The van der Waals surface area contributed by atoms with Crippen molar-refractivity contribution >= 4 is 32.9 Å². The molecule has 1 saturated heterocycles. The van der Waals surface area contributed by atoms with E-state index in [0.29, 0.717) is 11.3 Å². The highest BCUT2D eigenvalue weighted by atomic mass is 32.3. The summed E-state index contributed by atoms with van der Waals surface area (Å²) < 4.78 is 34.0. The van der Waals surface area contributed by atoms with Gasteiger partial charge in [-0.1, -0.05) is 0 Å². The second-order valence-electron chi connectivity index (χ2n) is 4.89. The van der Waals surface area contributed by atoms with E-state index in [1.165, 1.54) is 4.90 Å². The van der Waals surface area contributed by atoms with Crippen LogP contribution >= 0.6 is 0 Å². The molecule has 6 nitrogen and oxygen atoms in total. The van der Waals surface area contributed by atoms with Crippen LogP contribution in [-0.4, -0.2) is 36.6 Å². The lowest BCUT2D eigenvalue weighted by Crippen LogP contribution is -2.25. The van der Waals surface area contributed by atoms with Gasteiger partial charge in [-0.25, -0.2) is 4.98 Å². The number of carbonyl (C=O) groups excluding carboxylic acids is 1. The van der Waals surface area contributed by atoms with E-state index in [9.17, 15) is 17.1 Å². The van der Waals surface area contributed by atoms with Gasteiger partial charge in [0.25, 0.3) is 0 Å². The molecule has 8 heteroatoms. The lowest BCUT2D eigenvalue weighted by Gasteiger charge is -2.16. The summed E-state index contributed by atoms with van der Waals surface area (Å²) in [6, 6.07) is 3.62. The average molecular weight is 297 g/mol. The van der Waals surface area contributed by atoms with Gasteiger partial charge in [0.05, 0.1) is 17.6 Å². The molecule has 1 aliphatic rings. The van der Waals surface area contributed by atoms with Gasteiger partial charge >= 0.3 is 10.2 Å². The molecule has 0 saturated carbocycles. The number of rotatable bonds is 3. The third kappa shape index (κ3) is 2.51. The number of carbonyl (C=O) groups is 1. The van der Waals surface area contributed by atoms with E-state index in [1.807, 2.05) is 6.07 Å². The summed E-state index contributed by atoms with van der Waals surface area (Å²) in [4.78, 5) is 20.5. The molecule has 1 aliphatic heterocycles. The molecule has 0 aliphatic carbocycles. The van der Waals surface area contributed by atoms with E-state index in [-0.39, 0.29) is 18.9 Å². The number of halogens is 1. The van der Waals surface area contributed by atoms with Crippen LogP contribution in [0.2, 0.25) is 0 Å². The Morgan fingerprint density at radius 1 is 1.50 bits per heavy atom. The molecule has 1 amide bonds. The molecule has 20 heavy (non-hydrogen) atoms. The maximum atomic E-state index is 12.7. The Bertz CT molecular complexity index is 771. The van der Waals surface area contributed by atoms with Crippen molar-refractivity contribution in [3.05, 3.63) is 24.5 Å². The quantitative estimate of drug-likeness (QED) is 0.863. The minimum Gasteiger partial charge on any atom is -0.346 e. The highest BCUT2D eigenvalue weighted by Crippen LogP contribution is 2.27. The van der Waals surface area contributed by atoms with Gasteiger partial charge in [-0.15, -0.1) is 3.89 Å². The first kappa shape index (κ1) is 13.0. The third-order valence-corrected chi connectivity index (χ3v) is 4.21. The van der Waals surface area contributed by atoms with Crippen molar-refractivity contribution in [1.29, 1.82) is 0 Å². The Morgan fingerprint density at radius 3 is 3.05 bits per heavy atom. The van der Waals surface area contributed by atoms with Crippen LogP contribution in [0.3, 0.4) is 0 Å². The number of pyridine rings is 1. The molecule has 0 aromatic carbocycles. The number of H-pyrrole nitrogens is 1. The van der Waals surface area contributed by atoms with Gasteiger partial charge in [0.2, 0.25) is 5.91 Å². The number of nitrogens with zero attached hydrogens (tertiary/aromatic N) is 2. The van der Waals surface area contributed by atoms with Crippen molar-refractivity contribution in [2.24, 2.45) is 5.92 Å². The molecule has 1 N–H and O–H groups in total. The highest BCUT2D eigenvalue weighted by molar-refractivity contribution is 7.86. The van der Waals surface area contributed by atoms with Crippen molar-refractivity contribution < 1.29 is 17.1 Å². The molecule has 2 aromatic rings. The molecule has 1 unspecified atom stereocenters. The Balaban J connectivity index is 1.85. The largest absolute Gasteiger partial charge is 0.346 e. The van der Waals surface area contributed by atoms with E-state index >= 15 is 0 Å². The predicted molar refractivity (Wildman–Crippen MR) is 71.4 cm³/mol. The fourth-order valence-electron chi connectivity index (χ4n) is 2.50. The summed E-state index contributed by atoms with van der Waals surface area (Å²) in [5.74, 6) is -1.34. The topological polar surface area (TPSA) is 83.1 Å². The maximum Gasteiger partial charge on any atom is 0.302 e. The summed E-state index contributed by atoms with van der Waals surface area (Å²) in [6.07, 6.45) is 3.32. The molecule has 106 valence electrons. The molecular weight excluding hydrogens is 285 g/mol. The van der Waals surface area contributed by atoms with Crippen LogP contribution < -0.4 is 4.90 Å². The van der Waals surface area contributed by atoms with E-state index in [0.717, 1.165) is 5.39 Å². The smallest absolute Gasteiger partial charge is 0.302 e. The summed E-state index contributed by atoms with van der Waals surface area (Å²) in [5.41, 5.74) is 1.31. The lowest BCUT2D eigenvalue weighted by molar-refractivity contribution is -0.117. The minimum atomic E-state index is -4.56. The Hall–Kier alpha value is -1.96. The standard InChI is InChI=1S/C12H12FN3O3S/c13-20(18,19)7-8-3-11(17)16(6-8)10-4-9-1-2-14-12(9)15-5-10/h1-2,4-5,8H,3,6-7H2,(H,14,15). The van der Waals surface area contributed by atoms with Crippen molar-refractivity contribution in [3.63, 3.8) is 0 Å². The summed E-state index contributed by atoms with van der Waals surface area (Å²) in [6.45, 7) is 0.194. The molecule has 3 heterocycles. The number of aromatic amines is 1. The number of hydrogen-bond donors (Lipinski definition) is 1. The molecule has 0 spiro atoms. The Morgan fingerprint density at radius 2 is 2.30 bits per heavy atom. The zero-order valence-corrected chi connectivity index (χ0v) is 11.2. The minimum absolute atomic E-state index is 0.0360. The normalized spacial score (nSPS) is 19.9. The van der Waals surface area contributed by atoms with Crippen molar-refractivity contribution in [2.45, 2.75) is 6.42 Å². The van der Waals surface area contributed by atoms with Crippen LogP contribution in [0.15, 0.2) is 24.5 Å². The first-order chi connectivity index (χ1) is 9.42. The van der Waals surface area contributed by atoms with Gasteiger partial charge in [0, 0.05) is 30.5 Å². The van der Waals surface area contributed by atoms with Gasteiger partial charge in [-0.3, -0.25) is 4.79 Å². The van der Waals surface area contributed by atoms with E-state index in [1.54, 1.807) is 18.5 Å². The van der Waals surface area contributed by atoms with Crippen molar-refractivity contribution in [3.8, 4) is 0 Å². The second-order valence-corrected chi connectivity index (χ2v) is 6.30. The number of hydrogen-bond acceptors (Lipinski definition) is 4. The van der Waals surface area contributed by atoms with Gasteiger partial charge in [-0.2, -0.15) is 8.42 Å². The Labute approximate surface area is 114 Å². The fraction of sp³-hybridized carbons (Fsp3) is 0.333. The van der Waals surface area contributed by atoms with Crippen LogP contribution in [0.25, 0.3) is 11.0 Å². The molecular formula is C12H12FN3O3S. The zero-order valence-electron chi connectivity index (χ0n) is 10.4. The van der Waals surface area contributed by atoms with Gasteiger partial charge < -0.3 is 9.88 Å². The highest BCUT2D eigenvalue weighted by Gasteiger charge is 2.33. The van der Waals surface area contributed by atoms with E-state index in [4.69, 9.17) is 0 Å². The maximum absolute atomic E-state index is 12.7. The first-order valence-electron chi connectivity index (χ1n) is 6.08. The third-order valence-electron chi connectivity index (χ3n) is 3.34. The monoisotopic (exact) mass is 297 g/mol. The summed E-state index contributed by atoms with van der Waals surface area (Å²) in [5, 5.41) is 0.858. The number of nitrogens with one attached hydrogen (secondary N) is 1. The van der Waals surface area contributed by atoms with Gasteiger partial charge in [-0.05, 0) is 12.1 Å². The van der Waals surface area contributed by atoms with Gasteiger partial charge in [0.15, 0.2) is 0 Å². The average Bonchev–Trinajstić information content (AvgIpc) is 2.92. The number of amides is 1. The zero-order chi connectivity index (χ0) is 14.3. The number of aromatic nitrogens is 2. The van der Waals surface area contributed by atoms with Gasteiger partial charge in [0.1, 0.15) is 5.65 Å². The van der Waals surface area contributed by atoms with Crippen LogP contribution in [0.5, 0.6) is 0 Å². The number of anilines is 1. The predicted octanol–water partition coefficient (Wildman–Crippen LogP) is 1.22. The molecule has 1 atom stereocenters. The van der Waals surface area contributed by atoms with Crippen molar-refractivity contribution in [2.75, 3.05) is 17.2 Å². The fourth-order valence-corrected chi connectivity index (χ4v) is 3.29. The molecule has 0 bridgehead atoms. The molecule has 3 rings (SSSR count). The SMILES string of the molecule is O=C1CC(CS(=O)(=O)F)CN1c1cnc2[nH]ccc2c1. The van der Waals surface area contributed by atoms with E-state index in [2.05, 4.69) is 9.97 Å². The second kappa shape index (κ2) is 4.55. The van der Waals surface area contributed by atoms with Crippen LogP contribution in [-0.2, 0) is 15.0 Å². The summed E-state index contributed by atoms with van der Waals surface area (Å²) in [7, 11) is -4.56. The van der Waals surface area contributed by atoms with Crippen LogP contribution in [0.4, 0.5) is 9.57 Å². The first-order valence-corrected chi connectivity index (χ1v) is 7.63. The lowest BCUT2D eigenvalue weighted by atomic mass is 10.1.